The number of nitrogens with one attached hydrogen (secondary N) is 1. The van der Waals surface area contributed by atoms with Crippen LogP contribution in [0.4, 0.5) is 5.82 Å². The Kier molecular flexibility index (Phi) is 7.72. The predicted molar refractivity (Wildman–Crippen MR) is 126 cm³/mol. The summed E-state index contributed by atoms with van der Waals surface area (Å²) in [5.41, 5.74) is 1.02. The number of allylic oxidation sites excluding steroid dienone is 1. The molecular weight excluding hydrogens is 388 g/mol. The molecule has 0 radical (unpaired) electrons. The third-order valence-electron chi connectivity index (χ3n) is 6.04. The van der Waals surface area contributed by atoms with Gasteiger partial charge >= 0.3 is 0 Å². The molecule has 0 saturated carbocycles. The average molecular weight is 425 g/mol. The van der Waals surface area contributed by atoms with Crippen molar-refractivity contribution in [1.82, 2.24) is 24.7 Å². The smallest absolute Gasteiger partial charge is 0.145 e. The van der Waals surface area contributed by atoms with Crippen molar-refractivity contribution in [1.29, 1.82) is 0 Å². The van der Waals surface area contributed by atoms with Crippen molar-refractivity contribution in [3.63, 3.8) is 0 Å². The minimum absolute atomic E-state index is 0.349. The Morgan fingerprint density at radius 3 is 2.68 bits per heavy atom. The second-order valence-electron chi connectivity index (χ2n) is 8.87. The summed E-state index contributed by atoms with van der Waals surface area (Å²) in [4.78, 5) is 17.0. The number of benzene rings is 1. The lowest BCUT2D eigenvalue weighted by Crippen LogP contribution is -2.48. The Morgan fingerprint density at radius 2 is 1.90 bits per heavy atom. The van der Waals surface area contributed by atoms with Gasteiger partial charge < -0.3 is 15.0 Å². The summed E-state index contributed by atoms with van der Waals surface area (Å²) in [5.74, 6) is 1.86. The molecule has 4 rings (SSSR count). The summed E-state index contributed by atoms with van der Waals surface area (Å²) in [5, 5.41) is 4.65. The summed E-state index contributed by atoms with van der Waals surface area (Å²) in [6, 6.07) is 8.30. The number of nitrogens with zero attached hydrogens (tertiary/aromatic N) is 5. The topological polar surface area (TPSA) is 56.8 Å². The molecule has 2 aliphatic rings. The molecule has 0 spiro atoms. The van der Waals surface area contributed by atoms with Crippen LogP contribution in [0.15, 0.2) is 36.6 Å². The number of aromatic nitrogens is 2. The van der Waals surface area contributed by atoms with E-state index in [1.807, 2.05) is 6.26 Å². The lowest BCUT2D eigenvalue weighted by Gasteiger charge is -2.36. The van der Waals surface area contributed by atoms with E-state index in [2.05, 4.69) is 64.5 Å². The van der Waals surface area contributed by atoms with Gasteiger partial charge in [-0.2, -0.15) is 0 Å². The average Bonchev–Trinajstić information content (AvgIpc) is 2.78. The van der Waals surface area contributed by atoms with Crippen LogP contribution in [-0.2, 0) is 11.3 Å². The molecule has 2 aromatic rings. The number of anilines is 1. The Bertz CT molecular complexity index is 862. The van der Waals surface area contributed by atoms with Crippen LogP contribution in [0.25, 0.3) is 10.9 Å². The van der Waals surface area contributed by atoms with Gasteiger partial charge in [0, 0.05) is 44.7 Å². The van der Waals surface area contributed by atoms with Crippen LogP contribution in [0.2, 0.25) is 0 Å². The highest BCUT2D eigenvalue weighted by atomic mass is 16.5. The molecule has 1 N–H and O–H groups in total. The van der Waals surface area contributed by atoms with Crippen LogP contribution in [0, 0.1) is 0 Å². The number of fused-ring (bicyclic) bond motifs is 1. The van der Waals surface area contributed by atoms with Crippen molar-refractivity contribution in [2.45, 2.75) is 31.9 Å². The van der Waals surface area contributed by atoms with Crippen LogP contribution in [0.5, 0.6) is 0 Å². The molecule has 0 aliphatic carbocycles. The fraction of sp³-hybridized carbons (Fsp3) is 0.583. The van der Waals surface area contributed by atoms with Crippen molar-refractivity contribution in [3.8, 4) is 0 Å². The monoisotopic (exact) mass is 424 g/mol. The molecule has 1 aromatic carbocycles. The molecule has 1 fully saturated rings. The maximum absolute atomic E-state index is 5.75. The third-order valence-corrected chi connectivity index (χ3v) is 6.04. The number of hydrogen-bond acceptors (Lipinski definition) is 7. The van der Waals surface area contributed by atoms with Crippen molar-refractivity contribution in [2.75, 3.05) is 65.2 Å². The molecule has 7 nitrogen and oxygen atoms in total. The van der Waals surface area contributed by atoms with Crippen molar-refractivity contribution < 1.29 is 4.74 Å². The van der Waals surface area contributed by atoms with E-state index < -0.39 is 0 Å². The van der Waals surface area contributed by atoms with Crippen LogP contribution in [-0.4, -0.2) is 90.7 Å². The first kappa shape index (κ1) is 22.0. The van der Waals surface area contributed by atoms with E-state index in [1.165, 1.54) is 0 Å². The van der Waals surface area contributed by atoms with Crippen molar-refractivity contribution >= 4 is 16.7 Å². The Hall–Kier alpha value is -2.22. The highest BCUT2D eigenvalue weighted by molar-refractivity contribution is 5.88. The molecule has 2 aliphatic heterocycles. The van der Waals surface area contributed by atoms with Crippen LogP contribution >= 0.6 is 0 Å². The molecule has 1 atom stereocenters. The molecule has 7 heteroatoms. The number of piperazine rings is 1. The van der Waals surface area contributed by atoms with Gasteiger partial charge in [0.15, 0.2) is 0 Å². The van der Waals surface area contributed by atoms with Crippen molar-refractivity contribution in [2.24, 2.45) is 0 Å². The summed E-state index contributed by atoms with van der Waals surface area (Å²) in [6.07, 6.45) is 7.68. The molecule has 1 unspecified atom stereocenters. The van der Waals surface area contributed by atoms with E-state index >= 15 is 0 Å². The Balaban J connectivity index is 1.34. The van der Waals surface area contributed by atoms with Crippen LogP contribution < -0.4 is 5.32 Å². The minimum atomic E-state index is 0.349. The van der Waals surface area contributed by atoms with Gasteiger partial charge in [-0.3, -0.25) is 9.80 Å². The highest BCUT2D eigenvalue weighted by Crippen LogP contribution is 2.21. The molecule has 168 valence electrons. The first-order chi connectivity index (χ1) is 15.2. The maximum Gasteiger partial charge on any atom is 0.145 e. The SMILES string of the molecule is CN(C)CCCNc1nc(CN2CCN(CC3CCC=CO3)CC2)nc2ccccc12. The van der Waals surface area contributed by atoms with Gasteiger partial charge in [-0.1, -0.05) is 12.1 Å². The first-order valence-corrected chi connectivity index (χ1v) is 11.6. The van der Waals surface area contributed by atoms with E-state index in [-0.39, 0.29) is 0 Å². The molecule has 1 saturated heterocycles. The summed E-state index contributed by atoms with van der Waals surface area (Å²) in [6.45, 7) is 8.05. The van der Waals surface area contributed by atoms with Crippen LogP contribution in [0.1, 0.15) is 25.1 Å². The van der Waals surface area contributed by atoms with E-state index in [0.717, 1.165) is 94.2 Å². The van der Waals surface area contributed by atoms with E-state index in [1.54, 1.807) is 0 Å². The fourth-order valence-corrected chi connectivity index (χ4v) is 4.27. The number of hydrogen-bond donors (Lipinski definition) is 1. The van der Waals surface area contributed by atoms with Crippen LogP contribution in [0.3, 0.4) is 0 Å². The van der Waals surface area contributed by atoms with Gasteiger partial charge in [0.2, 0.25) is 0 Å². The molecule has 0 amide bonds. The summed E-state index contributed by atoms with van der Waals surface area (Å²) < 4.78 is 5.75. The van der Waals surface area contributed by atoms with Gasteiger partial charge in [0.25, 0.3) is 0 Å². The second kappa shape index (κ2) is 10.9. The van der Waals surface area contributed by atoms with E-state index in [0.29, 0.717) is 6.10 Å². The lowest BCUT2D eigenvalue weighted by molar-refractivity contribution is 0.0507. The summed E-state index contributed by atoms with van der Waals surface area (Å²) in [7, 11) is 4.22. The number of para-hydroxylation sites is 1. The Labute approximate surface area is 186 Å². The number of ether oxygens (including phenoxy) is 1. The minimum Gasteiger partial charge on any atom is -0.497 e. The standard InChI is InChI=1S/C24H36N6O/c1-28(2)12-7-11-25-24-21-9-3-4-10-22(21)26-23(27-24)19-30-15-13-29(14-16-30)18-20-8-5-6-17-31-20/h3-4,6,9-10,17,20H,5,7-8,11-16,18-19H2,1-2H3,(H,25,26,27). The molecular formula is C24H36N6O. The Morgan fingerprint density at radius 1 is 1.10 bits per heavy atom. The largest absolute Gasteiger partial charge is 0.497 e. The zero-order chi connectivity index (χ0) is 21.5. The number of rotatable bonds is 9. The zero-order valence-corrected chi connectivity index (χ0v) is 19.0. The zero-order valence-electron chi connectivity index (χ0n) is 19.0. The highest BCUT2D eigenvalue weighted by Gasteiger charge is 2.22. The predicted octanol–water partition coefficient (Wildman–Crippen LogP) is 2.80. The second-order valence-corrected chi connectivity index (χ2v) is 8.87. The van der Waals surface area contributed by atoms with Gasteiger partial charge in [0.05, 0.1) is 18.3 Å². The third kappa shape index (κ3) is 6.38. The fourth-order valence-electron chi connectivity index (χ4n) is 4.27. The molecule has 3 heterocycles. The van der Waals surface area contributed by atoms with Crippen molar-refractivity contribution in [3.05, 3.63) is 42.4 Å². The van der Waals surface area contributed by atoms with E-state index in [9.17, 15) is 0 Å². The van der Waals surface area contributed by atoms with E-state index in [4.69, 9.17) is 14.7 Å². The lowest BCUT2D eigenvalue weighted by atomic mass is 10.1. The normalized spacial score (nSPS) is 20.3. The molecule has 31 heavy (non-hydrogen) atoms. The van der Waals surface area contributed by atoms with Gasteiger partial charge in [-0.25, -0.2) is 9.97 Å². The quantitative estimate of drug-likeness (QED) is 0.621. The van der Waals surface area contributed by atoms with Gasteiger partial charge in [-0.15, -0.1) is 0 Å². The van der Waals surface area contributed by atoms with Gasteiger partial charge in [0.1, 0.15) is 17.7 Å². The first-order valence-electron chi connectivity index (χ1n) is 11.6. The molecule has 0 bridgehead atoms. The maximum atomic E-state index is 5.75. The van der Waals surface area contributed by atoms with Gasteiger partial charge in [-0.05, 0) is 58.1 Å². The summed E-state index contributed by atoms with van der Waals surface area (Å²) >= 11 is 0. The molecule has 1 aromatic heterocycles.